The largest absolute Gasteiger partial charge is 0.382 e. The Balaban J connectivity index is 1.84. The number of aromatic nitrogens is 1. The highest BCUT2D eigenvalue weighted by Crippen LogP contribution is 2.56. The Hall–Kier alpha value is -2.90. The van der Waals surface area contributed by atoms with E-state index in [4.69, 9.17) is 0 Å². The van der Waals surface area contributed by atoms with Crippen LogP contribution in [0.4, 0.5) is 0 Å². The second kappa shape index (κ2) is 9.30. The van der Waals surface area contributed by atoms with Gasteiger partial charge in [0.15, 0.2) is 0 Å². The number of nitro groups is 1. The molecule has 1 aliphatic carbocycles. The number of benzene rings is 2. The second-order valence-corrected chi connectivity index (χ2v) is 9.10. The summed E-state index contributed by atoms with van der Waals surface area (Å²) >= 11 is 3.39. The highest BCUT2D eigenvalue weighted by atomic mass is 79.9. The van der Waals surface area contributed by atoms with Crippen molar-refractivity contribution in [2.24, 2.45) is 11.8 Å². The summed E-state index contributed by atoms with van der Waals surface area (Å²) < 4.78 is 0.833. The molecule has 1 heterocycles. The smallest absolute Gasteiger partial charge is 0.226 e. The Kier molecular flexibility index (Phi) is 6.48. The molecule has 1 N–H and O–H groups in total. The molecule has 4 rings (SSSR count). The van der Waals surface area contributed by atoms with Crippen molar-refractivity contribution in [3.05, 3.63) is 110 Å². The summed E-state index contributed by atoms with van der Waals surface area (Å²) in [6, 6.07) is 20.8. The fourth-order valence-electron chi connectivity index (χ4n) is 5.12. The molecule has 0 unspecified atom stereocenters. The first-order valence-electron chi connectivity index (χ1n) is 10.5. The van der Waals surface area contributed by atoms with Crippen LogP contribution in [-0.2, 0) is 16.8 Å². The number of aryl methyl sites for hydroxylation is 1. The predicted octanol–water partition coefficient (Wildman–Crippen LogP) is 4.54. The molecule has 5 atom stereocenters. The van der Waals surface area contributed by atoms with Crippen molar-refractivity contribution < 1.29 is 14.8 Å². The average molecular weight is 495 g/mol. The maximum Gasteiger partial charge on any atom is 0.226 e. The van der Waals surface area contributed by atoms with Gasteiger partial charge < -0.3 is 9.90 Å². The second-order valence-electron chi connectivity index (χ2n) is 8.19. The molecule has 164 valence electrons. The van der Waals surface area contributed by atoms with Crippen molar-refractivity contribution in [2.75, 3.05) is 0 Å². The molecule has 0 amide bonds. The molecule has 1 aliphatic rings. The molecule has 2 aromatic carbocycles. The molecule has 1 aromatic heterocycles. The van der Waals surface area contributed by atoms with Crippen LogP contribution in [0.3, 0.4) is 0 Å². The van der Waals surface area contributed by atoms with Gasteiger partial charge in [-0.05, 0) is 48.2 Å². The van der Waals surface area contributed by atoms with E-state index in [1.165, 1.54) is 6.20 Å². The minimum atomic E-state index is -1.76. The van der Waals surface area contributed by atoms with E-state index in [9.17, 15) is 20.0 Å². The van der Waals surface area contributed by atoms with Crippen LogP contribution in [-0.4, -0.2) is 27.3 Å². The highest BCUT2D eigenvalue weighted by Gasteiger charge is 2.66. The van der Waals surface area contributed by atoms with Crippen molar-refractivity contribution >= 4 is 22.2 Å². The molecule has 0 bridgehead atoms. The zero-order chi connectivity index (χ0) is 22.7. The van der Waals surface area contributed by atoms with Gasteiger partial charge in [-0.3, -0.25) is 15.1 Å². The van der Waals surface area contributed by atoms with Crippen molar-refractivity contribution in [2.45, 2.75) is 30.4 Å². The maximum absolute atomic E-state index is 12.4. The van der Waals surface area contributed by atoms with E-state index in [0.717, 1.165) is 10.0 Å². The Morgan fingerprint density at radius 1 is 1.06 bits per heavy atom. The number of hydrogen-bond donors (Lipinski definition) is 1. The van der Waals surface area contributed by atoms with Gasteiger partial charge in [-0.2, -0.15) is 0 Å². The van der Waals surface area contributed by atoms with Gasteiger partial charge in [0.05, 0.1) is 23.4 Å². The van der Waals surface area contributed by atoms with Crippen LogP contribution in [0.25, 0.3) is 0 Å². The van der Waals surface area contributed by atoms with Gasteiger partial charge in [0.25, 0.3) is 0 Å². The zero-order valence-corrected chi connectivity index (χ0v) is 18.8. The molecule has 1 fully saturated rings. The summed E-state index contributed by atoms with van der Waals surface area (Å²) in [6.07, 6.45) is 3.10. The van der Waals surface area contributed by atoms with Gasteiger partial charge in [0.1, 0.15) is 11.9 Å². The van der Waals surface area contributed by atoms with Gasteiger partial charge in [-0.25, -0.2) is 0 Å². The van der Waals surface area contributed by atoms with Crippen LogP contribution < -0.4 is 0 Å². The van der Waals surface area contributed by atoms with E-state index >= 15 is 0 Å². The lowest BCUT2D eigenvalue weighted by Crippen LogP contribution is -2.41. The summed E-state index contributed by atoms with van der Waals surface area (Å²) in [7, 11) is 0. The number of carbonyl (C=O) groups is 1. The Morgan fingerprint density at radius 3 is 2.34 bits per heavy atom. The fraction of sp³-hybridized carbons (Fsp3) is 0.280. The third kappa shape index (κ3) is 3.98. The van der Waals surface area contributed by atoms with E-state index in [1.807, 2.05) is 30.3 Å². The minimum Gasteiger partial charge on any atom is -0.382 e. The lowest BCUT2D eigenvalue weighted by molar-refractivity contribution is -0.534. The van der Waals surface area contributed by atoms with Crippen molar-refractivity contribution in [1.29, 1.82) is 0 Å². The van der Waals surface area contributed by atoms with Gasteiger partial charge in [0, 0.05) is 15.6 Å². The van der Waals surface area contributed by atoms with E-state index < -0.39 is 29.4 Å². The van der Waals surface area contributed by atoms with Crippen LogP contribution in [0, 0.1) is 22.0 Å². The highest BCUT2D eigenvalue weighted by molar-refractivity contribution is 9.10. The van der Waals surface area contributed by atoms with Gasteiger partial charge in [-0.15, -0.1) is 0 Å². The number of pyridine rings is 1. The van der Waals surface area contributed by atoms with Crippen molar-refractivity contribution in [3.8, 4) is 0 Å². The number of aldehydes is 1. The molecule has 3 aromatic rings. The number of rotatable bonds is 7. The van der Waals surface area contributed by atoms with Crippen LogP contribution in [0.2, 0.25) is 0 Å². The number of halogens is 1. The first kappa shape index (κ1) is 22.3. The Labute approximate surface area is 194 Å². The van der Waals surface area contributed by atoms with Crippen LogP contribution >= 0.6 is 15.9 Å². The Morgan fingerprint density at radius 2 is 1.75 bits per heavy atom. The first-order valence-corrected chi connectivity index (χ1v) is 11.3. The van der Waals surface area contributed by atoms with Crippen LogP contribution in [0.5, 0.6) is 0 Å². The fourth-order valence-corrected chi connectivity index (χ4v) is 5.38. The first-order chi connectivity index (χ1) is 15.5. The summed E-state index contributed by atoms with van der Waals surface area (Å²) in [5, 5.41) is 24.5. The molecule has 0 radical (unpaired) electrons. The molecule has 1 saturated carbocycles. The zero-order valence-electron chi connectivity index (χ0n) is 17.3. The third-order valence-electron chi connectivity index (χ3n) is 6.55. The lowest BCUT2D eigenvalue weighted by Gasteiger charge is -2.32. The number of hydrogen-bond acceptors (Lipinski definition) is 5. The molecule has 7 heteroatoms. The van der Waals surface area contributed by atoms with Gasteiger partial charge in [0.2, 0.25) is 6.04 Å². The third-order valence-corrected chi connectivity index (χ3v) is 7.08. The summed E-state index contributed by atoms with van der Waals surface area (Å²) in [5.74, 6) is -2.57. The number of nitrogens with zero attached hydrogens (tertiary/aromatic N) is 2. The average Bonchev–Trinajstić information content (AvgIpc) is 3.08. The van der Waals surface area contributed by atoms with Gasteiger partial charge in [-0.1, -0.05) is 64.5 Å². The van der Waals surface area contributed by atoms with Crippen molar-refractivity contribution in [3.63, 3.8) is 0 Å². The molecule has 0 spiro atoms. The molecule has 0 saturated heterocycles. The summed E-state index contributed by atoms with van der Waals surface area (Å²) in [5.41, 5.74) is 0.214. The van der Waals surface area contributed by atoms with E-state index in [1.54, 1.807) is 42.5 Å². The minimum absolute atomic E-state index is 0.293. The van der Waals surface area contributed by atoms with E-state index in [2.05, 4.69) is 20.9 Å². The number of aliphatic hydroxyl groups is 1. The Bertz CT molecular complexity index is 1080. The quantitative estimate of drug-likeness (QED) is 0.295. The van der Waals surface area contributed by atoms with Crippen LogP contribution in [0.1, 0.15) is 29.2 Å². The summed E-state index contributed by atoms with van der Waals surface area (Å²) in [4.78, 5) is 28.8. The topological polar surface area (TPSA) is 93.3 Å². The lowest BCUT2D eigenvalue weighted by atomic mass is 9.77. The standard InChI is InChI=1S/C25H23BrN2O4/c26-19-12-10-18(11-13-19)23-21(16-29)25(30,22-8-4-5-15-27-22)20(24(23)28(31)32)14-9-17-6-2-1-3-7-17/h1-8,10-13,15-16,20-21,23-24,30H,9,14H2/t20-,21+,23+,24+,25-/m0/s1. The van der Waals surface area contributed by atoms with Crippen molar-refractivity contribution in [1.82, 2.24) is 4.98 Å². The molecule has 6 nitrogen and oxygen atoms in total. The molecule has 32 heavy (non-hydrogen) atoms. The SMILES string of the molecule is O=C[C@@H]1[C@@H](c2ccc(Br)cc2)[C@H]([N+](=O)[O-])[C@H](CCc2ccccc2)[C@@]1(O)c1ccccn1. The molecule has 0 aliphatic heterocycles. The van der Waals surface area contributed by atoms with Gasteiger partial charge >= 0.3 is 0 Å². The molecular formula is C25H23BrN2O4. The monoisotopic (exact) mass is 494 g/mol. The normalized spacial score (nSPS) is 27.2. The predicted molar refractivity (Wildman–Crippen MR) is 124 cm³/mol. The van der Waals surface area contributed by atoms with Crippen LogP contribution in [0.15, 0.2) is 83.5 Å². The van der Waals surface area contributed by atoms with E-state index in [-0.39, 0.29) is 4.92 Å². The maximum atomic E-state index is 12.4. The summed E-state index contributed by atoms with van der Waals surface area (Å²) in [6.45, 7) is 0. The number of carbonyl (C=O) groups excluding carboxylic acids is 1. The molecular weight excluding hydrogens is 472 g/mol. The van der Waals surface area contributed by atoms with E-state index in [0.29, 0.717) is 30.4 Å².